The zero-order chi connectivity index (χ0) is 15.1. The minimum atomic E-state index is -0.697. The van der Waals surface area contributed by atoms with E-state index in [4.69, 9.17) is 11.6 Å². The summed E-state index contributed by atoms with van der Waals surface area (Å²) in [7, 11) is 3.68. The van der Waals surface area contributed by atoms with Crippen molar-refractivity contribution in [2.75, 3.05) is 19.0 Å². The maximum atomic E-state index is 14.1. The third-order valence-corrected chi connectivity index (χ3v) is 4.34. The zero-order valence-corrected chi connectivity index (χ0v) is 12.6. The van der Waals surface area contributed by atoms with Crippen LogP contribution in [0.3, 0.4) is 0 Å². The van der Waals surface area contributed by atoms with Crippen LogP contribution in [0.2, 0.25) is 5.02 Å². The van der Waals surface area contributed by atoms with Gasteiger partial charge in [0.2, 0.25) is 0 Å². The number of anilines is 1. The molecule has 21 heavy (non-hydrogen) atoms. The molecule has 2 heterocycles. The van der Waals surface area contributed by atoms with E-state index >= 15 is 0 Å². The maximum absolute atomic E-state index is 14.1. The molecule has 2 aromatic heterocycles. The van der Waals surface area contributed by atoms with E-state index in [9.17, 15) is 8.78 Å². The Bertz CT molecular complexity index is 834. The summed E-state index contributed by atoms with van der Waals surface area (Å²) in [6.07, 6.45) is 1.28. The van der Waals surface area contributed by atoms with E-state index in [2.05, 4.69) is 15.0 Å². The predicted molar refractivity (Wildman–Crippen MR) is 79.9 cm³/mol. The lowest BCUT2D eigenvalue weighted by atomic mass is 10.1. The average molecular weight is 327 g/mol. The van der Waals surface area contributed by atoms with Gasteiger partial charge in [-0.05, 0) is 12.1 Å². The number of benzene rings is 1. The molecule has 3 rings (SSSR count). The van der Waals surface area contributed by atoms with Gasteiger partial charge < -0.3 is 4.90 Å². The second-order valence-electron chi connectivity index (χ2n) is 4.51. The largest absolute Gasteiger partial charge is 0.354 e. The van der Waals surface area contributed by atoms with Gasteiger partial charge in [0, 0.05) is 19.7 Å². The molecule has 0 aliphatic carbocycles. The summed E-state index contributed by atoms with van der Waals surface area (Å²) in [5.41, 5.74) is 0.792. The molecule has 0 atom stereocenters. The molecule has 108 valence electrons. The molecule has 0 spiro atoms. The number of nitrogens with zero attached hydrogens (tertiary/aromatic N) is 4. The van der Waals surface area contributed by atoms with E-state index in [0.29, 0.717) is 21.2 Å². The zero-order valence-electron chi connectivity index (χ0n) is 11.1. The minimum Gasteiger partial charge on any atom is -0.354 e. The molecule has 0 N–H and O–H groups in total. The van der Waals surface area contributed by atoms with E-state index in [0.717, 1.165) is 12.1 Å². The van der Waals surface area contributed by atoms with E-state index in [-0.39, 0.29) is 10.6 Å². The third-order valence-electron chi connectivity index (χ3n) is 2.83. The Morgan fingerprint density at radius 1 is 1.14 bits per heavy atom. The second kappa shape index (κ2) is 5.16. The van der Waals surface area contributed by atoms with Gasteiger partial charge in [-0.3, -0.25) is 0 Å². The van der Waals surface area contributed by atoms with Crippen molar-refractivity contribution in [1.29, 1.82) is 0 Å². The first kappa shape index (κ1) is 14.1. The first-order chi connectivity index (χ1) is 9.97. The Morgan fingerprint density at radius 3 is 2.62 bits per heavy atom. The van der Waals surface area contributed by atoms with Crippen molar-refractivity contribution < 1.29 is 8.78 Å². The van der Waals surface area contributed by atoms with Crippen molar-refractivity contribution in [1.82, 2.24) is 15.0 Å². The van der Waals surface area contributed by atoms with E-state index in [1.165, 1.54) is 17.7 Å². The number of fused-ring (bicyclic) bond motifs is 1. The van der Waals surface area contributed by atoms with Gasteiger partial charge in [-0.1, -0.05) is 22.9 Å². The normalized spacial score (nSPS) is 11.1. The molecule has 0 radical (unpaired) electrons. The van der Waals surface area contributed by atoms with Crippen LogP contribution in [0.15, 0.2) is 18.5 Å². The smallest absolute Gasteiger partial charge is 0.187 e. The molecule has 0 aliphatic rings. The first-order valence-electron chi connectivity index (χ1n) is 5.91. The summed E-state index contributed by atoms with van der Waals surface area (Å²) in [5.74, 6) is -1.33. The Balaban J connectivity index is 2.27. The van der Waals surface area contributed by atoms with Crippen LogP contribution in [0.5, 0.6) is 0 Å². The molecule has 1 aromatic carbocycles. The van der Waals surface area contributed by atoms with Crippen LogP contribution in [0.1, 0.15) is 0 Å². The van der Waals surface area contributed by atoms with E-state index in [1.807, 2.05) is 19.0 Å². The molecular weight excluding hydrogens is 318 g/mol. The second-order valence-corrected chi connectivity index (χ2v) is 5.90. The Labute approximate surface area is 128 Å². The summed E-state index contributed by atoms with van der Waals surface area (Å²) in [6.45, 7) is 0. The SMILES string of the molecule is CN(C)c1nc2ncnc(-c3cc(F)c(Cl)cc3F)c2s1. The lowest BCUT2D eigenvalue weighted by Gasteiger charge is -2.05. The third kappa shape index (κ3) is 2.43. The van der Waals surface area contributed by atoms with Gasteiger partial charge in [0.25, 0.3) is 0 Å². The number of aromatic nitrogens is 3. The summed E-state index contributed by atoms with van der Waals surface area (Å²) >= 11 is 6.89. The molecule has 0 fully saturated rings. The van der Waals surface area contributed by atoms with Gasteiger partial charge in [-0.15, -0.1) is 0 Å². The van der Waals surface area contributed by atoms with Crippen molar-refractivity contribution in [2.45, 2.75) is 0 Å². The van der Waals surface area contributed by atoms with Crippen LogP contribution in [0.4, 0.5) is 13.9 Å². The molecule has 8 heteroatoms. The lowest BCUT2D eigenvalue weighted by molar-refractivity contribution is 0.603. The van der Waals surface area contributed by atoms with Crippen molar-refractivity contribution >= 4 is 38.4 Å². The van der Waals surface area contributed by atoms with E-state index in [1.54, 1.807) is 0 Å². The van der Waals surface area contributed by atoms with Crippen molar-refractivity contribution in [2.24, 2.45) is 0 Å². The maximum Gasteiger partial charge on any atom is 0.187 e. The lowest BCUT2D eigenvalue weighted by Crippen LogP contribution is -2.07. The predicted octanol–water partition coefficient (Wildman–Crippen LogP) is 3.75. The molecule has 3 aromatic rings. The quantitative estimate of drug-likeness (QED) is 0.673. The topological polar surface area (TPSA) is 41.9 Å². The van der Waals surface area contributed by atoms with Gasteiger partial charge in [-0.2, -0.15) is 4.98 Å². The van der Waals surface area contributed by atoms with Crippen LogP contribution in [-0.4, -0.2) is 29.0 Å². The summed E-state index contributed by atoms with van der Waals surface area (Å²) in [4.78, 5) is 14.3. The number of hydrogen-bond donors (Lipinski definition) is 0. The fourth-order valence-corrected chi connectivity index (χ4v) is 2.93. The van der Waals surface area contributed by atoms with E-state index < -0.39 is 11.6 Å². The minimum absolute atomic E-state index is 0.0401. The molecular formula is C13H9ClF2N4S. The number of thiazole rings is 1. The van der Waals surface area contributed by atoms with Crippen LogP contribution in [0, 0.1) is 11.6 Å². The summed E-state index contributed by atoms with van der Waals surface area (Å²) in [6, 6.07) is 1.97. The number of rotatable bonds is 2. The van der Waals surface area contributed by atoms with Gasteiger partial charge >= 0.3 is 0 Å². The molecule has 0 saturated carbocycles. The highest BCUT2D eigenvalue weighted by molar-refractivity contribution is 7.22. The van der Waals surface area contributed by atoms with Crippen LogP contribution >= 0.6 is 22.9 Å². The fourth-order valence-electron chi connectivity index (χ4n) is 1.83. The highest BCUT2D eigenvalue weighted by Gasteiger charge is 2.17. The van der Waals surface area contributed by atoms with Gasteiger partial charge in [0.05, 0.1) is 10.7 Å². The number of hydrogen-bond acceptors (Lipinski definition) is 5. The van der Waals surface area contributed by atoms with Gasteiger partial charge in [0.15, 0.2) is 10.8 Å². The van der Waals surface area contributed by atoms with Crippen molar-refractivity contribution in [3.63, 3.8) is 0 Å². The first-order valence-corrected chi connectivity index (χ1v) is 7.10. The summed E-state index contributed by atoms with van der Waals surface area (Å²) < 4.78 is 28.3. The van der Waals surface area contributed by atoms with Gasteiger partial charge in [0.1, 0.15) is 22.7 Å². The molecule has 0 aliphatic heterocycles. The molecule has 0 bridgehead atoms. The van der Waals surface area contributed by atoms with Crippen molar-refractivity contribution in [3.8, 4) is 11.3 Å². The fraction of sp³-hybridized carbons (Fsp3) is 0.154. The van der Waals surface area contributed by atoms with Gasteiger partial charge in [-0.25, -0.2) is 18.7 Å². The Kier molecular flexibility index (Phi) is 3.46. The Hall–Kier alpha value is -1.86. The summed E-state index contributed by atoms with van der Waals surface area (Å²) in [5, 5.41) is 0.446. The highest BCUT2D eigenvalue weighted by atomic mass is 35.5. The monoisotopic (exact) mass is 326 g/mol. The van der Waals surface area contributed by atoms with Crippen LogP contribution < -0.4 is 4.90 Å². The molecule has 0 amide bonds. The molecule has 0 unspecified atom stereocenters. The Morgan fingerprint density at radius 2 is 1.90 bits per heavy atom. The molecule has 4 nitrogen and oxygen atoms in total. The van der Waals surface area contributed by atoms with Crippen LogP contribution in [-0.2, 0) is 0 Å². The standard InChI is InChI=1S/C13H9ClF2N4S/c1-20(2)13-19-12-11(21-13)10(17-5-18-12)6-3-9(16)7(14)4-8(6)15/h3-5H,1-2H3. The number of halogens is 3. The average Bonchev–Trinajstić information content (AvgIpc) is 2.87. The van der Waals surface area contributed by atoms with Crippen molar-refractivity contribution in [3.05, 3.63) is 35.1 Å². The highest BCUT2D eigenvalue weighted by Crippen LogP contribution is 2.35. The molecule has 0 saturated heterocycles. The van der Waals surface area contributed by atoms with Crippen LogP contribution in [0.25, 0.3) is 21.6 Å².